The van der Waals surface area contributed by atoms with E-state index in [9.17, 15) is 27.2 Å². The van der Waals surface area contributed by atoms with Crippen LogP contribution < -0.4 is 5.32 Å². The van der Waals surface area contributed by atoms with Crippen LogP contribution in [0.2, 0.25) is 5.02 Å². The first kappa shape index (κ1) is 22.0. The van der Waals surface area contributed by atoms with Gasteiger partial charge in [0, 0.05) is 31.2 Å². The van der Waals surface area contributed by atoms with Gasteiger partial charge in [0.1, 0.15) is 5.82 Å². The standard InChI is InChI=1S/C20H18ClF4N3O2/c21-13-5-6-17(15(11-13)20(23,24)25)26-18(29)12-27-7-9-28(10-8-27)19(30)14-3-1-2-4-16(14)22/h1-6,11H,7-10,12H2,(H,26,29). The first-order valence-electron chi connectivity index (χ1n) is 9.08. The van der Waals surface area contributed by atoms with Gasteiger partial charge in [0.15, 0.2) is 0 Å². The number of nitrogens with one attached hydrogen (secondary N) is 1. The van der Waals surface area contributed by atoms with E-state index in [2.05, 4.69) is 5.32 Å². The summed E-state index contributed by atoms with van der Waals surface area (Å²) in [5.74, 6) is -1.65. The number of hydrogen-bond donors (Lipinski definition) is 1. The molecule has 0 atom stereocenters. The Kier molecular flexibility index (Phi) is 6.62. The summed E-state index contributed by atoms with van der Waals surface area (Å²) in [6, 6.07) is 8.80. The topological polar surface area (TPSA) is 52.7 Å². The summed E-state index contributed by atoms with van der Waals surface area (Å²) in [5.41, 5.74) is -1.42. The zero-order valence-electron chi connectivity index (χ0n) is 15.7. The molecular weight excluding hydrogens is 426 g/mol. The predicted octanol–water partition coefficient (Wildman–Crippen LogP) is 3.89. The molecule has 0 aliphatic carbocycles. The van der Waals surface area contributed by atoms with Gasteiger partial charge in [-0.15, -0.1) is 0 Å². The number of carbonyl (C=O) groups excluding carboxylic acids is 2. The van der Waals surface area contributed by atoms with E-state index < -0.39 is 29.4 Å². The molecule has 2 aromatic rings. The van der Waals surface area contributed by atoms with Crippen LogP contribution in [0.25, 0.3) is 0 Å². The molecule has 1 saturated heterocycles. The number of amides is 2. The lowest BCUT2D eigenvalue weighted by atomic mass is 10.1. The third kappa shape index (κ3) is 5.28. The third-order valence-corrected chi connectivity index (χ3v) is 4.93. The molecule has 1 aliphatic heterocycles. The Morgan fingerprint density at radius 3 is 2.33 bits per heavy atom. The van der Waals surface area contributed by atoms with Crippen molar-refractivity contribution in [1.29, 1.82) is 0 Å². The highest BCUT2D eigenvalue weighted by molar-refractivity contribution is 6.30. The van der Waals surface area contributed by atoms with E-state index in [1.165, 1.54) is 29.2 Å². The minimum absolute atomic E-state index is 0.0221. The quantitative estimate of drug-likeness (QED) is 0.729. The average molecular weight is 444 g/mol. The van der Waals surface area contributed by atoms with E-state index in [4.69, 9.17) is 11.6 Å². The largest absolute Gasteiger partial charge is 0.418 e. The summed E-state index contributed by atoms with van der Waals surface area (Å²) in [5, 5.41) is 2.18. The molecule has 0 unspecified atom stereocenters. The molecule has 1 aliphatic rings. The number of carbonyl (C=O) groups is 2. The summed E-state index contributed by atoms with van der Waals surface area (Å²) < 4.78 is 53.2. The van der Waals surface area contributed by atoms with Gasteiger partial charge in [-0.1, -0.05) is 23.7 Å². The number of rotatable bonds is 4. The van der Waals surface area contributed by atoms with E-state index in [0.717, 1.165) is 12.1 Å². The van der Waals surface area contributed by atoms with E-state index in [1.807, 2.05) is 0 Å². The Balaban J connectivity index is 1.56. The molecule has 1 heterocycles. The van der Waals surface area contributed by atoms with Gasteiger partial charge in [-0.25, -0.2) is 4.39 Å². The maximum atomic E-state index is 13.8. The van der Waals surface area contributed by atoms with Crippen molar-refractivity contribution in [1.82, 2.24) is 9.80 Å². The second-order valence-electron chi connectivity index (χ2n) is 6.78. The van der Waals surface area contributed by atoms with Gasteiger partial charge in [0.25, 0.3) is 5.91 Å². The van der Waals surface area contributed by atoms with Crippen LogP contribution >= 0.6 is 11.6 Å². The summed E-state index contributed by atoms with van der Waals surface area (Å²) in [6.45, 7) is 1.08. The zero-order chi connectivity index (χ0) is 21.9. The maximum absolute atomic E-state index is 13.8. The molecule has 0 aromatic heterocycles. The fourth-order valence-electron chi connectivity index (χ4n) is 3.17. The SMILES string of the molecule is O=C(CN1CCN(C(=O)c2ccccc2F)CC1)Nc1ccc(Cl)cc1C(F)(F)F. The lowest BCUT2D eigenvalue weighted by Gasteiger charge is -2.34. The summed E-state index contributed by atoms with van der Waals surface area (Å²) in [6.07, 6.45) is -4.66. The lowest BCUT2D eigenvalue weighted by molar-refractivity contribution is -0.137. The Labute approximate surface area is 175 Å². The van der Waals surface area contributed by atoms with E-state index in [0.29, 0.717) is 13.1 Å². The molecule has 30 heavy (non-hydrogen) atoms. The van der Waals surface area contributed by atoms with Crippen molar-refractivity contribution in [2.24, 2.45) is 0 Å². The van der Waals surface area contributed by atoms with Crippen LogP contribution in [0, 0.1) is 5.82 Å². The molecule has 10 heteroatoms. The number of alkyl halides is 3. The van der Waals surface area contributed by atoms with Gasteiger partial charge in [0.05, 0.1) is 23.4 Å². The number of halogens is 5. The summed E-state index contributed by atoms with van der Waals surface area (Å²) in [4.78, 5) is 27.9. The fraction of sp³-hybridized carbons (Fsp3) is 0.300. The number of nitrogens with zero attached hydrogens (tertiary/aromatic N) is 2. The van der Waals surface area contributed by atoms with E-state index in [1.54, 1.807) is 11.0 Å². The first-order chi connectivity index (χ1) is 14.1. The molecular formula is C20H18ClF4N3O2. The van der Waals surface area contributed by atoms with Crippen molar-refractivity contribution in [3.05, 3.63) is 64.4 Å². The number of anilines is 1. The van der Waals surface area contributed by atoms with Crippen molar-refractivity contribution in [3.8, 4) is 0 Å². The van der Waals surface area contributed by atoms with Crippen LogP contribution in [0.4, 0.5) is 23.2 Å². The summed E-state index contributed by atoms with van der Waals surface area (Å²) >= 11 is 5.63. The average Bonchev–Trinajstić information content (AvgIpc) is 2.69. The van der Waals surface area contributed by atoms with Gasteiger partial charge >= 0.3 is 6.18 Å². The molecule has 3 rings (SSSR count). The Morgan fingerprint density at radius 2 is 1.70 bits per heavy atom. The van der Waals surface area contributed by atoms with Crippen molar-refractivity contribution in [2.45, 2.75) is 6.18 Å². The van der Waals surface area contributed by atoms with Gasteiger partial charge in [-0.3, -0.25) is 14.5 Å². The van der Waals surface area contributed by atoms with Crippen LogP contribution in [0.5, 0.6) is 0 Å². The smallest absolute Gasteiger partial charge is 0.336 e. The fourth-order valence-corrected chi connectivity index (χ4v) is 3.34. The third-order valence-electron chi connectivity index (χ3n) is 4.69. The van der Waals surface area contributed by atoms with Gasteiger partial charge < -0.3 is 10.2 Å². The summed E-state index contributed by atoms with van der Waals surface area (Å²) in [7, 11) is 0. The van der Waals surface area contributed by atoms with Crippen LogP contribution in [-0.4, -0.2) is 54.3 Å². The van der Waals surface area contributed by atoms with Crippen LogP contribution in [0.15, 0.2) is 42.5 Å². The number of hydrogen-bond acceptors (Lipinski definition) is 3. The van der Waals surface area contributed by atoms with Gasteiger partial charge in [-0.05, 0) is 30.3 Å². The first-order valence-corrected chi connectivity index (χ1v) is 9.45. The molecule has 2 aromatic carbocycles. The zero-order valence-corrected chi connectivity index (χ0v) is 16.4. The molecule has 5 nitrogen and oxygen atoms in total. The highest BCUT2D eigenvalue weighted by Gasteiger charge is 2.34. The maximum Gasteiger partial charge on any atom is 0.418 e. The van der Waals surface area contributed by atoms with Crippen LogP contribution in [-0.2, 0) is 11.0 Å². The highest BCUT2D eigenvalue weighted by Crippen LogP contribution is 2.36. The highest BCUT2D eigenvalue weighted by atomic mass is 35.5. The molecule has 160 valence electrons. The van der Waals surface area contributed by atoms with Crippen molar-refractivity contribution in [3.63, 3.8) is 0 Å². The molecule has 0 bridgehead atoms. The number of piperazine rings is 1. The van der Waals surface area contributed by atoms with E-state index >= 15 is 0 Å². The minimum atomic E-state index is -4.66. The monoisotopic (exact) mass is 443 g/mol. The lowest BCUT2D eigenvalue weighted by Crippen LogP contribution is -2.50. The van der Waals surface area contributed by atoms with E-state index in [-0.39, 0.29) is 35.9 Å². The predicted molar refractivity (Wildman–Crippen MR) is 104 cm³/mol. The molecule has 1 N–H and O–H groups in total. The molecule has 0 radical (unpaired) electrons. The van der Waals surface area contributed by atoms with Crippen LogP contribution in [0.1, 0.15) is 15.9 Å². The second kappa shape index (κ2) is 9.01. The van der Waals surface area contributed by atoms with Gasteiger partial charge in [0.2, 0.25) is 5.91 Å². The normalized spacial score (nSPS) is 15.2. The van der Waals surface area contributed by atoms with Crippen molar-refractivity contribution >= 4 is 29.1 Å². The Hall–Kier alpha value is -2.65. The van der Waals surface area contributed by atoms with Crippen LogP contribution in [0.3, 0.4) is 0 Å². The van der Waals surface area contributed by atoms with Crippen molar-refractivity contribution in [2.75, 3.05) is 38.0 Å². The molecule has 2 amide bonds. The second-order valence-corrected chi connectivity index (χ2v) is 7.22. The minimum Gasteiger partial charge on any atom is -0.336 e. The molecule has 1 fully saturated rings. The number of benzene rings is 2. The Morgan fingerprint density at radius 1 is 1.03 bits per heavy atom. The van der Waals surface area contributed by atoms with Gasteiger partial charge in [-0.2, -0.15) is 13.2 Å². The molecule has 0 saturated carbocycles. The Bertz CT molecular complexity index is 944. The molecule has 0 spiro atoms. The van der Waals surface area contributed by atoms with Crippen molar-refractivity contribution < 1.29 is 27.2 Å².